The molecular weight excluding hydrogens is 214 g/mol. The quantitative estimate of drug-likeness (QED) is 0.838. The lowest BCUT2D eigenvalue weighted by atomic mass is 10.1. The first kappa shape index (κ1) is 10.4. The Morgan fingerprint density at radius 3 is 3.18 bits per heavy atom. The van der Waals surface area contributed by atoms with Crippen LogP contribution in [0.15, 0.2) is 30.5 Å². The molecule has 3 rings (SSSR count). The second kappa shape index (κ2) is 4.59. The largest absolute Gasteiger partial charge is 0.493 e. The number of hydrogen-bond acceptors (Lipinski definition) is 3. The van der Waals surface area contributed by atoms with Crippen molar-refractivity contribution >= 4 is 0 Å². The molecule has 1 aliphatic heterocycles. The van der Waals surface area contributed by atoms with Crippen molar-refractivity contribution in [2.24, 2.45) is 0 Å². The number of rotatable bonds is 4. The lowest BCUT2D eigenvalue weighted by Gasteiger charge is -2.05. The van der Waals surface area contributed by atoms with Crippen molar-refractivity contribution in [2.75, 3.05) is 6.61 Å². The van der Waals surface area contributed by atoms with Gasteiger partial charge < -0.3 is 10.1 Å². The third-order valence-corrected chi connectivity index (χ3v) is 2.96. The summed E-state index contributed by atoms with van der Waals surface area (Å²) < 4.78 is 5.48. The zero-order chi connectivity index (χ0) is 11.5. The fourth-order valence-corrected chi connectivity index (χ4v) is 2.07. The molecule has 0 saturated carbocycles. The smallest absolute Gasteiger partial charge is 0.122 e. The van der Waals surface area contributed by atoms with Crippen LogP contribution in [0.5, 0.6) is 5.75 Å². The highest BCUT2D eigenvalue weighted by Gasteiger charge is 2.11. The fraction of sp³-hybridized carbons (Fsp3) is 0.308. The number of fused-ring (bicyclic) bond motifs is 1. The first-order chi connectivity index (χ1) is 8.42. The first-order valence-corrected chi connectivity index (χ1v) is 5.85. The maximum atomic E-state index is 5.48. The predicted molar refractivity (Wildman–Crippen MR) is 64.8 cm³/mol. The van der Waals surface area contributed by atoms with Crippen LogP contribution in [0, 0.1) is 0 Å². The molecule has 17 heavy (non-hydrogen) atoms. The second-order valence-corrected chi connectivity index (χ2v) is 4.23. The van der Waals surface area contributed by atoms with Crippen molar-refractivity contribution in [1.82, 2.24) is 15.5 Å². The topological polar surface area (TPSA) is 49.9 Å². The molecule has 1 aromatic heterocycles. The Labute approximate surface area is 100 Å². The Kier molecular flexibility index (Phi) is 2.80. The van der Waals surface area contributed by atoms with Gasteiger partial charge in [0, 0.05) is 31.4 Å². The van der Waals surface area contributed by atoms with Crippen LogP contribution in [0.1, 0.15) is 16.8 Å². The number of aromatic nitrogens is 2. The number of aromatic amines is 1. The molecule has 0 aliphatic carbocycles. The molecule has 4 heteroatoms. The van der Waals surface area contributed by atoms with Crippen molar-refractivity contribution in [3.63, 3.8) is 0 Å². The standard InChI is InChI=1S/C13H15N3O/c1-2-13-11(4-6-17-13)7-10(1)8-14-9-12-3-5-15-16-12/h1-3,5,7,14H,4,6,8-9H2,(H,15,16). The van der Waals surface area contributed by atoms with Crippen molar-refractivity contribution in [1.29, 1.82) is 0 Å². The van der Waals surface area contributed by atoms with E-state index in [0.29, 0.717) is 0 Å². The summed E-state index contributed by atoms with van der Waals surface area (Å²) in [6, 6.07) is 8.38. The molecule has 0 saturated heterocycles. The van der Waals surface area contributed by atoms with Gasteiger partial charge in [-0.3, -0.25) is 5.10 Å². The van der Waals surface area contributed by atoms with Crippen LogP contribution in [0.3, 0.4) is 0 Å². The van der Waals surface area contributed by atoms with Crippen LogP contribution >= 0.6 is 0 Å². The predicted octanol–water partition coefficient (Wildman–Crippen LogP) is 1.63. The molecule has 1 aromatic carbocycles. The zero-order valence-corrected chi connectivity index (χ0v) is 9.57. The summed E-state index contributed by atoms with van der Waals surface area (Å²) in [6.07, 6.45) is 2.80. The molecule has 0 bridgehead atoms. The molecule has 1 aliphatic rings. The molecule has 0 atom stereocenters. The van der Waals surface area contributed by atoms with E-state index in [0.717, 1.165) is 37.6 Å². The van der Waals surface area contributed by atoms with Crippen LogP contribution < -0.4 is 10.1 Å². The minimum absolute atomic E-state index is 0.813. The van der Waals surface area contributed by atoms with Gasteiger partial charge in [-0.2, -0.15) is 5.10 Å². The normalized spacial score (nSPS) is 13.4. The van der Waals surface area contributed by atoms with Crippen molar-refractivity contribution in [3.8, 4) is 5.75 Å². The van der Waals surface area contributed by atoms with Crippen LogP contribution in [-0.4, -0.2) is 16.8 Å². The highest BCUT2D eigenvalue weighted by molar-refractivity contribution is 5.39. The number of hydrogen-bond donors (Lipinski definition) is 2. The average Bonchev–Trinajstić information content (AvgIpc) is 2.98. The number of ether oxygens (including phenoxy) is 1. The maximum Gasteiger partial charge on any atom is 0.122 e. The molecule has 2 heterocycles. The van der Waals surface area contributed by atoms with Gasteiger partial charge in [-0.05, 0) is 23.3 Å². The van der Waals surface area contributed by atoms with Crippen LogP contribution in [0.4, 0.5) is 0 Å². The summed E-state index contributed by atoms with van der Waals surface area (Å²) >= 11 is 0. The number of nitrogens with zero attached hydrogens (tertiary/aromatic N) is 1. The number of nitrogens with one attached hydrogen (secondary N) is 2. The Bertz CT molecular complexity index is 493. The maximum absolute atomic E-state index is 5.48. The van der Waals surface area contributed by atoms with Gasteiger partial charge in [-0.1, -0.05) is 12.1 Å². The molecule has 2 aromatic rings. The van der Waals surface area contributed by atoms with Gasteiger partial charge >= 0.3 is 0 Å². The molecule has 4 nitrogen and oxygen atoms in total. The monoisotopic (exact) mass is 229 g/mol. The van der Waals surface area contributed by atoms with Gasteiger partial charge in [-0.15, -0.1) is 0 Å². The minimum Gasteiger partial charge on any atom is -0.493 e. The van der Waals surface area contributed by atoms with Crippen molar-refractivity contribution in [2.45, 2.75) is 19.5 Å². The van der Waals surface area contributed by atoms with Gasteiger partial charge in [0.1, 0.15) is 5.75 Å². The van der Waals surface area contributed by atoms with Gasteiger partial charge in [0.05, 0.1) is 6.61 Å². The summed E-state index contributed by atoms with van der Waals surface area (Å²) in [7, 11) is 0. The van der Waals surface area contributed by atoms with E-state index >= 15 is 0 Å². The van der Waals surface area contributed by atoms with E-state index in [1.807, 2.05) is 6.07 Å². The van der Waals surface area contributed by atoms with Crippen molar-refractivity contribution in [3.05, 3.63) is 47.3 Å². The third kappa shape index (κ3) is 2.31. The van der Waals surface area contributed by atoms with E-state index in [1.54, 1.807) is 6.20 Å². The Hall–Kier alpha value is -1.81. The van der Waals surface area contributed by atoms with Gasteiger partial charge in [0.2, 0.25) is 0 Å². The Morgan fingerprint density at radius 2 is 2.29 bits per heavy atom. The molecule has 0 amide bonds. The Balaban J connectivity index is 1.58. The third-order valence-electron chi connectivity index (χ3n) is 2.96. The van der Waals surface area contributed by atoms with Gasteiger partial charge in [0.15, 0.2) is 0 Å². The van der Waals surface area contributed by atoms with E-state index in [1.165, 1.54) is 11.1 Å². The van der Waals surface area contributed by atoms with E-state index < -0.39 is 0 Å². The van der Waals surface area contributed by atoms with Crippen molar-refractivity contribution < 1.29 is 4.74 Å². The summed E-state index contributed by atoms with van der Waals surface area (Å²) in [5.74, 6) is 1.04. The summed E-state index contributed by atoms with van der Waals surface area (Å²) in [4.78, 5) is 0. The average molecular weight is 229 g/mol. The second-order valence-electron chi connectivity index (χ2n) is 4.23. The molecule has 0 fully saturated rings. The zero-order valence-electron chi connectivity index (χ0n) is 9.57. The van der Waals surface area contributed by atoms with Crippen LogP contribution in [-0.2, 0) is 19.5 Å². The summed E-state index contributed by atoms with van der Waals surface area (Å²) in [5.41, 5.74) is 3.73. The van der Waals surface area contributed by atoms with E-state index in [4.69, 9.17) is 4.74 Å². The molecular formula is C13H15N3O. The first-order valence-electron chi connectivity index (χ1n) is 5.85. The minimum atomic E-state index is 0.813. The van der Waals surface area contributed by atoms with E-state index in [9.17, 15) is 0 Å². The highest BCUT2D eigenvalue weighted by Crippen LogP contribution is 2.25. The molecule has 0 radical (unpaired) electrons. The van der Waals surface area contributed by atoms with Crippen LogP contribution in [0.2, 0.25) is 0 Å². The number of H-pyrrole nitrogens is 1. The van der Waals surface area contributed by atoms with Gasteiger partial charge in [0.25, 0.3) is 0 Å². The lowest BCUT2D eigenvalue weighted by molar-refractivity contribution is 0.357. The molecule has 0 spiro atoms. The molecule has 0 unspecified atom stereocenters. The Morgan fingerprint density at radius 1 is 1.29 bits per heavy atom. The highest BCUT2D eigenvalue weighted by atomic mass is 16.5. The molecule has 88 valence electrons. The fourth-order valence-electron chi connectivity index (χ4n) is 2.07. The van der Waals surface area contributed by atoms with E-state index in [2.05, 4.69) is 33.7 Å². The molecule has 2 N–H and O–H groups in total. The summed E-state index contributed by atoms with van der Waals surface area (Å²) in [5, 5.41) is 10.2. The SMILES string of the molecule is c1cc(CNCc2ccc3c(c2)CCO3)[nH]n1. The lowest BCUT2D eigenvalue weighted by Crippen LogP contribution is -2.13. The summed E-state index contributed by atoms with van der Waals surface area (Å²) in [6.45, 7) is 2.50. The number of benzene rings is 1. The van der Waals surface area contributed by atoms with Crippen LogP contribution in [0.25, 0.3) is 0 Å². The van der Waals surface area contributed by atoms with Gasteiger partial charge in [-0.25, -0.2) is 0 Å². The van der Waals surface area contributed by atoms with E-state index in [-0.39, 0.29) is 0 Å².